The lowest BCUT2D eigenvalue weighted by molar-refractivity contribution is -0.274. The number of nitrogens with zero attached hydrogens (tertiary/aromatic N) is 7. The zero-order chi connectivity index (χ0) is 24.3. The molecule has 0 aliphatic carbocycles. The molecule has 11 nitrogen and oxygen atoms in total. The number of hydrogen-bond acceptors (Lipinski definition) is 9. The van der Waals surface area contributed by atoms with Gasteiger partial charge in [0.25, 0.3) is 0 Å². The number of tetrazole rings is 1. The van der Waals surface area contributed by atoms with Crippen molar-refractivity contribution >= 4 is 23.1 Å². The summed E-state index contributed by atoms with van der Waals surface area (Å²) in [6.07, 6.45) is -4.87. The van der Waals surface area contributed by atoms with Crippen LogP contribution in [0.1, 0.15) is 11.4 Å². The molecular weight excluding hydrogens is 488 g/mol. The minimum atomic E-state index is -4.87. The summed E-state index contributed by atoms with van der Waals surface area (Å²) in [5.74, 6) is -1.24. The van der Waals surface area contributed by atoms with Crippen LogP contribution >= 0.6 is 11.6 Å². The minimum Gasteiger partial charge on any atom is -0.406 e. The average molecular weight is 499 g/mol. The molecule has 0 bridgehead atoms. The number of aromatic nitrogens is 6. The number of ether oxygens (including phenoxy) is 1. The van der Waals surface area contributed by atoms with Crippen molar-refractivity contribution in [3.63, 3.8) is 0 Å². The fraction of sp³-hybridized carbons (Fsp3) is 0.111. The van der Waals surface area contributed by atoms with Crippen molar-refractivity contribution in [3.05, 3.63) is 64.7 Å². The van der Waals surface area contributed by atoms with Crippen LogP contribution in [0.25, 0.3) is 11.4 Å². The largest absolute Gasteiger partial charge is 0.573 e. The van der Waals surface area contributed by atoms with Crippen LogP contribution in [-0.4, -0.2) is 47.9 Å². The van der Waals surface area contributed by atoms with Crippen LogP contribution in [0.15, 0.2) is 52.1 Å². The molecular formula is C18H11ClF4N8O3. The van der Waals surface area contributed by atoms with Gasteiger partial charge in [0, 0.05) is 5.56 Å². The van der Waals surface area contributed by atoms with Gasteiger partial charge >= 0.3 is 6.36 Å². The maximum atomic E-state index is 13.4. The van der Waals surface area contributed by atoms with E-state index in [1.165, 1.54) is 28.9 Å². The third-order valence-corrected chi connectivity index (χ3v) is 4.48. The van der Waals surface area contributed by atoms with Gasteiger partial charge in [0.05, 0.1) is 17.3 Å². The Labute approximate surface area is 191 Å². The summed E-state index contributed by atoms with van der Waals surface area (Å²) in [6.45, 7) is -0.170. The Morgan fingerprint density at radius 2 is 2.03 bits per heavy atom. The third-order valence-electron chi connectivity index (χ3n) is 4.19. The molecule has 0 saturated heterocycles. The maximum absolute atomic E-state index is 13.4. The first-order valence-electron chi connectivity index (χ1n) is 9.11. The van der Waals surface area contributed by atoms with Gasteiger partial charge in [0.2, 0.25) is 0 Å². The van der Waals surface area contributed by atoms with Crippen LogP contribution in [0, 0.1) is 5.82 Å². The molecule has 16 heteroatoms. The lowest BCUT2D eigenvalue weighted by atomic mass is 10.2. The predicted octanol–water partition coefficient (Wildman–Crippen LogP) is 3.52. The Hall–Kier alpha value is -4.11. The zero-order valence-corrected chi connectivity index (χ0v) is 17.3. The van der Waals surface area contributed by atoms with Crippen LogP contribution in [0.4, 0.5) is 23.2 Å². The summed E-state index contributed by atoms with van der Waals surface area (Å²) in [6, 6.07) is 8.67. The highest BCUT2D eigenvalue weighted by Crippen LogP contribution is 2.27. The topological polar surface area (TPSA) is 136 Å². The summed E-state index contributed by atoms with van der Waals surface area (Å²) < 4.78 is 60.9. The van der Waals surface area contributed by atoms with Gasteiger partial charge in [-0.05, 0) is 45.9 Å². The molecule has 0 unspecified atom stereocenters. The van der Waals surface area contributed by atoms with E-state index in [2.05, 4.69) is 35.6 Å². The van der Waals surface area contributed by atoms with E-state index in [4.69, 9.17) is 16.2 Å². The number of alkyl halides is 3. The molecule has 176 valence electrons. The Morgan fingerprint density at radius 1 is 1.21 bits per heavy atom. The number of hydroxylamine groups is 1. The highest BCUT2D eigenvalue weighted by atomic mass is 35.5. The number of aliphatic imine (C=N–C) groups is 1. The van der Waals surface area contributed by atoms with Crippen LogP contribution < -0.4 is 10.2 Å². The van der Waals surface area contributed by atoms with Gasteiger partial charge in [-0.25, -0.2) is 18.7 Å². The molecule has 2 N–H and O–H groups in total. The van der Waals surface area contributed by atoms with Crippen LogP contribution in [0.3, 0.4) is 0 Å². The maximum Gasteiger partial charge on any atom is 0.573 e. The molecule has 2 aromatic heterocycles. The fourth-order valence-electron chi connectivity index (χ4n) is 2.80. The second-order valence-corrected chi connectivity index (χ2v) is 6.87. The lowest BCUT2D eigenvalue weighted by Gasteiger charge is -2.10. The molecule has 2 aromatic carbocycles. The Morgan fingerprint density at radius 3 is 2.76 bits per heavy atom. The molecule has 34 heavy (non-hydrogen) atoms. The molecule has 0 radical (unpaired) electrons. The first-order valence-corrected chi connectivity index (χ1v) is 9.49. The number of benzene rings is 2. The average Bonchev–Trinajstić information content (AvgIpc) is 3.43. The van der Waals surface area contributed by atoms with E-state index in [0.29, 0.717) is 0 Å². The van der Waals surface area contributed by atoms with E-state index in [0.717, 1.165) is 18.2 Å². The first kappa shape index (κ1) is 23.1. The minimum absolute atomic E-state index is 0.0430. The number of hydrogen-bond donors (Lipinski definition) is 2. The van der Waals surface area contributed by atoms with Crippen molar-refractivity contribution in [2.45, 2.75) is 12.9 Å². The highest BCUT2D eigenvalue weighted by Gasteiger charge is 2.31. The van der Waals surface area contributed by atoms with Gasteiger partial charge in [-0.3, -0.25) is 10.7 Å². The van der Waals surface area contributed by atoms with Crippen molar-refractivity contribution in [1.82, 2.24) is 36.0 Å². The molecule has 0 saturated carbocycles. The summed E-state index contributed by atoms with van der Waals surface area (Å²) in [5.41, 5.74) is 2.31. The van der Waals surface area contributed by atoms with E-state index in [1.54, 1.807) is 0 Å². The molecule has 4 aromatic rings. The number of rotatable bonds is 6. The molecule has 0 aliphatic heterocycles. The van der Waals surface area contributed by atoms with Crippen LogP contribution in [0.5, 0.6) is 5.75 Å². The van der Waals surface area contributed by atoms with E-state index in [9.17, 15) is 22.8 Å². The van der Waals surface area contributed by atoms with E-state index in [-0.39, 0.29) is 45.9 Å². The van der Waals surface area contributed by atoms with Crippen LogP contribution in [0.2, 0.25) is 5.02 Å². The second-order valence-electron chi connectivity index (χ2n) is 6.47. The Balaban J connectivity index is 1.63. The van der Waals surface area contributed by atoms with Gasteiger partial charge < -0.3 is 4.74 Å². The SMILES string of the molecule is ONC(=Nc1ccc(F)c(Cl)c1)c1nonc1Cn1nnnc1-c1cccc(OC(F)(F)F)c1. The van der Waals surface area contributed by atoms with E-state index >= 15 is 0 Å². The van der Waals surface area contributed by atoms with E-state index < -0.39 is 17.9 Å². The summed E-state index contributed by atoms with van der Waals surface area (Å²) in [7, 11) is 0. The molecule has 0 amide bonds. The molecule has 0 fully saturated rings. The van der Waals surface area contributed by atoms with Gasteiger partial charge in [0.1, 0.15) is 17.3 Å². The normalized spacial score (nSPS) is 12.1. The van der Waals surface area contributed by atoms with Crippen molar-refractivity contribution in [2.24, 2.45) is 4.99 Å². The van der Waals surface area contributed by atoms with Gasteiger partial charge in [-0.1, -0.05) is 28.9 Å². The number of amidine groups is 1. The first-order chi connectivity index (χ1) is 16.2. The van der Waals surface area contributed by atoms with Crippen LogP contribution in [-0.2, 0) is 6.54 Å². The van der Waals surface area contributed by atoms with E-state index in [1.807, 2.05) is 5.48 Å². The highest BCUT2D eigenvalue weighted by molar-refractivity contribution is 6.31. The summed E-state index contributed by atoms with van der Waals surface area (Å²) >= 11 is 5.74. The lowest BCUT2D eigenvalue weighted by Crippen LogP contribution is -2.22. The fourth-order valence-corrected chi connectivity index (χ4v) is 2.97. The quantitative estimate of drug-likeness (QED) is 0.177. The molecule has 2 heterocycles. The molecule has 0 spiro atoms. The smallest absolute Gasteiger partial charge is 0.406 e. The second kappa shape index (κ2) is 9.40. The van der Waals surface area contributed by atoms with Gasteiger partial charge in [0.15, 0.2) is 17.4 Å². The van der Waals surface area contributed by atoms with Crippen molar-refractivity contribution in [1.29, 1.82) is 0 Å². The molecule has 0 atom stereocenters. The third kappa shape index (κ3) is 5.26. The Bertz CT molecular complexity index is 1340. The molecule has 4 rings (SSSR count). The monoisotopic (exact) mass is 498 g/mol. The zero-order valence-electron chi connectivity index (χ0n) is 16.5. The van der Waals surface area contributed by atoms with Crippen molar-refractivity contribution < 1.29 is 32.1 Å². The standard InChI is InChI=1S/C18H11ClF4N8O3/c19-12-7-10(4-5-13(12)20)24-16(26-32)15-14(27-34-28-15)8-31-17(25-29-30-31)9-2-1-3-11(6-9)33-18(21,22)23/h1-7,32H,8H2,(H,24,26). The Kier molecular flexibility index (Phi) is 6.38. The van der Waals surface area contributed by atoms with Gasteiger partial charge in [-0.2, -0.15) is 0 Å². The van der Waals surface area contributed by atoms with Crippen molar-refractivity contribution in [3.8, 4) is 17.1 Å². The number of nitrogens with one attached hydrogen (secondary N) is 1. The summed E-state index contributed by atoms with van der Waals surface area (Å²) in [5, 5.41) is 27.9. The number of halogens is 5. The van der Waals surface area contributed by atoms with Gasteiger partial charge in [-0.15, -0.1) is 18.3 Å². The predicted molar refractivity (Wildman–Crippen MR) is 106 cm³/mol. The van der Waals surface area contributed by atoms with Crippen molar-refractivity contribution in [2.75, 3.05) is 0 Å². The summed E-state index contributed by atoms with van der Waals surface area (Å²) in [4.78, 5) is 4.10. The molecule has 0 aliphatic rings.